The Kier molecular flexibility index (Phi) is 6.93. The van der Waals surface area contributed by atoms with Gasteiger partial charge in [0.1, 0.15) is 11.2 Å². The molecule has 0 aliphatic rings. The summed E-state index contributed by atoms with van der Waals surface area (Å²) < 4.78 is 9.36. The number of anilines is 3. The quantitative estimate of drug-likeness (QED) is 0.165. The van der Waals surface area contributed by atoms with Gasteiger partial charge in [-0.25, -0.2) is 0 Å². The molecule has 3 nitrogen and oxygen atoms in total. The zero-order valence-corrected chi connectivity index (χ0v) is 30.9. The van der Waals surface area contributed by atoms with Gasteiger partial charge in [0, 0.05) is 33.1 Å². The van der Waals surface area contributed by atoms with Crippen molar-refractivity contribution < 1.29 is 4.42 Å². The van der Waals surface area contributed by atoms with Crippen LogP contribution in [0, 0.1) is 0 Å². The summed E-state index contributed by atoms with van der Waals surface area (Å²) in [5.41, 5.74) is 10.7. The standard InChI is InChI=1S/C54H34N2O/c1-2-17-38(18-3-1)55-47-24-10-8-21-44(47)52-48(55)25-13-26-49(52)56(39-31-30-37-29-28-36-15-5-7-20-41(36)46(37)34-39)50-33-32-43(42-23-12-16-35-14-4-6-19-40(35)42)54-53(50)45-22-9-11-27-51(45)57-54/h1-34H. The topological polar surface area (TPSA) is 21.3 Å². The van der Waals surface area contributed by atoms with E-state index in [1.807, 2.05) is 0 Å². The molecule has 0 N–H and O–H groups in total. The van der Waals surface area contributed by atoms with Gasteiger partial charge in [-0.1, -0.05) is 146 Å². The van der Waals surface area contributed by atoms with Crippen LogP contribution in [0.3, 0.4) is 0 Å². The Labute approximate surface area is 328 Å². The second-order valence-corrected chi connectivity index (χ2v) is 14.8. The molecule has 0 bridgehead atoms. The SMILES string of the molecule is c1ccc(-n2c3ccccc3c3c(N(c4ccc5ccc6ccccc6c5c4)c4ccc(-c5cccc6ccccc56)c5oc6ccccc6c45)cccc32)cc1. The van der Waals surface area contributed by atoms with Crippen LogP contribution in [0.4, 0.5) is 17.1 Å². The lowest BCUT2D eigenvalue weighted by molar-refractivity contribution is 0.670. The van der Waals surface area contributed by atoms with E-state index in [0.29, 0.717) is 0 Å². The first-order chi connectivity index (χ1) is 28.3. The van der Waals surface area contributed by atoms with Gasteiger partial charge in [-0.3, -0.25) is 0 Å². The van der Waals surface area contributed by atoms with Crippen molar-refractivity contribution in [2.75, 3.05) is 4.90 Å². The third kappa shape index (κ3) is 4.79. The summed E-state index contributed by atoms with van der Waals surface area (Å²) >= 11 is 0. The maximum Gasteiger partial charge on any atom is 0.145 e. The van der Waals surface area contributed by atoms with Crippen LogP contribution in [0.15, 0.2) is 211 Å². The Bertz CT molecular complexity index is 3530. The summed E-state index contributed by atoms with van der Waals surface area (Å²) in [6.45, 7) is 0. The van der Waals surface area contributed by atoms with Gasteiger partial charge < -0.3 is 13.9 Å². The molecule has 0 saturated heterocycles. The van der Waals surface area contributed by atoms with E-state index in [1.165, 1.54) is 48.6 Å². The van der Waals surface area contributed by atoms with Crippen molar-refractivity contribution >= 4 is 93.1 Å². The predicted octanol–water partition coefficient (Wildman–Crippen LogP) is 15.3. The zero-order valence-electron chi connectivity index (χ0n) is 30.9. The molecule has 10 aromatic carbocycles. The summed E-state index contributed by atoms with van der Waals surface area (Å²) in [4.78, 5) is 2.47. The first-order valence-corrected chi connectivity index (χ1v) is 19.5. The largest absolute Gasteiger partial charge is 0.455 e. The van der Waals surface area contributed by atoms with Crippen molar-refractivity contribution in [1.82, 2.24) is 4.57 Å². The van der Waals surface area contributed by atoms with Gasteiger partial charge in [-0.05, 0) is 98.5 Å². The molecule has 0 radical (unpaired) electrons. The zero-order chi connectivity index (χ0) is 37.5. The van der Waals surface area contributed by atoms with Crippen LogP contribution in [0.25, 0.3) is 92.9 Å². The monoisotopic (exact) mass is 726 g/mol. The van der Waals surface area contributed by atoms with Crippen LogP contribution in [0.5, 0.6) is 0 Å². The first-order valence-electron chi connectivity index (χ1n) is 19.5. The highest BCUT2D eigenvalue weighted by Gasteiger charge is 2.26. The van der Waals surface area contributed by atoms with Crippen molar-refractivity contribution in [3.8, 4) is 16.8 Å². The minimum absolute atomic E-state index is 0.866. The molecule has 0 atom stereocenters. The number of nitrogens with zero attached hydrogens (tertiary/aromatic N) is 2. The summed E-state index contributed by atoms with van der Waals surface area (Å²) in [5.74, 6) is 0. The van der Waals surface area contributed by atoms with Gasteiger partial charge in [0.2, 0.25) is 0 Å². The smallest absolute Gasteiger partial charge is 0.145 e. The van der Waals surface area contributed by atoms with Crippen molar-refractivity contribution in [2.45, 2.75) is 0 Å². The third-order valence-electron chi connectivity index (χ3n) is 11.7. The summed E-state index contributed by atoms with van der Waals surface area (Å²) in [7, 11) is 0. The van der Waals surface area contributed by atoms with Crippen LogP contribution >= 0.6 is 0 Å². The Morgan fingerprint density at radius 1 is 0.368 bits per heavy atom. The third-order valence-corrected chi connectivity index (χ3v) is 11.7. The lowest BCUT2D eigenvalue weighted by Crippen LogP contribution is -2.11. The molecule has 266 valence electrons. The molecule has 0 saturated carbocycles. The summed E-state index contributed by atoms with van der Waals surface area (Å²) in [6.07, 6.45) is 0. The first kappa shape index (κ1) is 31.7. The molecular formula is C54H34N2O. The van der Waals surface area contributed by atoms with Crippen LogP contribution < -0.4 is 4.90 Å². The second kappa shape index (κ2) is 12.5. The van der Waals surface area contributed by atoms with Gasteiger partial charge >= 0.3 is 0 Å². The molecule has 12 rings (SSSR count). The summed E-state index contributed by atoms with van der Waals surface area (Å²) in [5, 5.41) is 11.8. The van der Waals surface area contributed by atoms with Crippen LogP contribution in [-0.2, 0) is 0 Å². The molecule has 0 fully saturated rings. The second-order valence-electron chi connectivity index (χ2n) is 14.8. The molecule has 0 unspecified atom stereocenters. The van der Waals surface area contributed by atoms with Gasteiger partial charge in [0.05, 0.1) is 27.8 Å². The van der Waals surface area contributed by atoms with E-state index in [9.17, 15) is 0 Å². The lowest BCUT2D eigenvalue weighted by atomic mass is 9.95. The Balaban J connectivity index is 1.22. The normalized spacial score (nSPS) is 11.9. The number of furan rings is 1. The Morgan fingerprint density at radius 3 is 1.84 bits per heavy atom. The number of hydrogen-bond acceptors (Lipinski definition) is 2. The Morgan fingerprint density at radius 2 is 0.982 bits per heavy atom. The van der Waals surface area contributed by atoms with E-state index in [-0.39, 0.29) is 0 Å². The fourth-order valence-electron chi connectivity index (χ4n) is 9.25. The number of fused-ring (bicyclic) bond motifs is 10. The number of rotatable bonds is 5. The van der Waals surface area contributed by atoms with E-state index < -0.39 is 0 Å². The van der Waals surface area contributed by atoms with E-state index in [4.69, 9.17) is 4.42 Å². The fraction of sp³-hybridized carbons (Fsp3) is 0. The van der Waals surface area contributed by atoms with Gasteiger partial charge in [0.25, 0.3) is 0 Å². The molecule has 3 heteroatoms. The molecule has 2 aromatic heterocycles. The molecule has 0 amide bonds. The molecular weight excluding hydrogens is 693 g/mol. The van der Waals surface area contributed by atoms with E-state index in [0.717, 1.165) is 61.3 Å². The highest BCUT2D eigenvalue weighted by molar-refractivity contribution is 6.22. The van der Waals surface area contributed by atoms with Crippen molar-refractivity contribution in [3.63, 3.8) is 0 Å². The average molecular weight is 727 g/mol. The minimum Gasteiger partial charge on any atom is -0.455 e. The van der Waals surface area contributed by atoms with E-state index in [1.54, 1.807) is 0 Å². The van der Waals surface area contributed by atoms with Gasteiger partial charge in [-0.15, -0.1) is 0 Å². The lowest BCUT2D eigenvalue weighted by Gasteiger charge is -2.28. The summed E-state index contributed by atoms with van der Waals surface area (Å²) in [6, 6.07) is 74.5. The van der Waals surface area contributed by atoms with E-state index in [2.05, 4.69) is 216 Å². The van der Waals surface area contributed by atoms with Crippen molar-refractivity contribution in [2.24, 2.45) is 0 Å². The highest BCUT2D eigenvalue weighted by Crippen LogP contribution is 2.50. The van der Waals surface area contributed by atoms with Gasteiger partial charge in [-0.2, -0.15) is 0 Å². The highest BCUT2D eigenvalue weighted by atomic mass is 16.3. The molecule has 12 aromatic rings. The number of para-hydroxylation sites is 3. The van der Waals surface area contributed by atoms with E-state index >= 15 is 0 Å². The number of benzene rings is 10. The molecule has 57 heavy (non-hydrogen) atoms. The average Bonchev–Trinajstić information content (AvgIpc) is 3.84. The predicted molar refractivity (Wildman–Crippen MR) is 241 cm³/mol. The van der Waals surface area contributed by atoms with Crippen LogP contribution in [-0.4, -0.2) is 4.57 Å². The van der Waals surface area contributed by atoms with Crippen LogP contribution in [0.1, 0.15) is 0 Å². The van der Waals surface area contributed by atoms with Crippen molar-refractivity contribution in [1.29, 1.82) is 0 Å². The number of hydrogen-bond donors (Lipinski definition) is 0. The molecule has 0 aliphatic carbocycles. The minimum atomic E-state index is 0.866. The maximum absolute atomic E-state index is 6.97. The molecule has 2 heterocycles. The molecule has 0 aliphatic heterocycles. The number of aromatic nitrogens is 1. The van der Waals surface area contributed by atoms with Crippen LogP contribution in [0.2, 0.25) is 0 Å². The van der Waals surface area contributed by atoms with Crippen molar-refractivity contribution in [3.05, 3.63) is 206 Å². The molecule has 0 spiro atoms. The Hall–Kier alpha value is -7.62. The van der Waals surface area contributed by atoms with Gasteiger partial charge in [0.15, 0.2) is 0 Å². The fourth-order valence-corrected chi connectivity index (χ4v) is 9.25. The maximum atomic E-state index is 6.97.